The Kier molecular flexibility index (Phi) is 2.02. The molecule has 1 aliphatic rings. The Bertz CT molecular complexity index is 300. The highest BCUT2D eigenvalue weighted by Gasteiger charge is 2.26. The van der Waals surface area contributed by atoms with Crippen molar-refractivity contribution in [3.8, 4) is 0 Å². The van der Waals surface area contributed by atoms with Gasteiger partial charge < -0.3 is 0 Å². The summed E-state index contributed by atoms with van der Waals surface area (Å²) in [5.74, 6) is 0. The second-order valence-electron chi connectivity index (χ2n) is 3.67. The first kappa shape index (κ1) is 7.54. The Balaban J connectivity index is 2.25. The molecule has 0 saturated carbocycles. The molecule has 1 fully saturated rings. The van der Waals surface area contributed by atoms with Crippen molar-refractivity contribution >= 4 is 0 Å². The van der Waals surface area contributed by atoms with E-state index in [-0.39, 0.29) is 0 Å². The molecule has 0 unspecified atom stereocenters. The van der Waals surface area contributed by atoms with Crippen molar-refractivity contribution in [3.63, 3.8) is 0 Å². The zero-order valence-electron chi connectivity index (χ0n) is 9.20. The van der Waals surface area contributed by atoms with Crippen LogP contribution in [0.5, 0.6) is 0 Å². The van der Waals surface area contributed by atoms with Crippen molar-refractivity contribution in [2.24, 2.45) is 0 Å². The van der Waals surface area contributed by atoms with Crippen LogP contribution in [0.25, 0.3) is 0 Å². The second kappa shape index (κ2) is 3.48. The number of rotatable bonds is 1. The maximum Gasteiger partial charge on any atom is 0.0882 e. The molecule has 13 heavy (non-hydrogen) atoms. The van der Waals surface area contributed by atoms with Crippen LogP contribution in [-0.4, -0.2) is 37.0 Å². The van der Waals surface area contributed by atoms with Gasteiger partial charge in [0.15, 0.2) is 0 Å². The average molecular weight is 177 g/mol. The van der Waals surface area contributed by atoms with E-state index in [0.29, 0.717) is 12.2 Å². The first-order chi connectivity index (χ1) is 6.68. The Morgan fingerprint density at radius 2 is 1.77 bits per heavy atom. The minimum atomic E-state index is 0.385. The highest BCUT2D eigenvalue weighted by molar-refractivity contribution is 5.19. The fourth-order valence-corrected chi connectivity index (χ4v) is 1.98. The maximum absolute atomic E-state index is 7.44. The highest BCUT2D eigenvalue weighted by atomic mass is 15.4. The summed E-state index contributed by atoms with van der Waals surface area (Å²) in [7, 11) is 4.28. The lowest BCUT2D eigenvalue weighted by molar-refractivity contribution is 0.190. The molecule has 70 valence electrons. The summed E-state index contributed by atoms with van der Waals surface area (Å²) in [6.45, 7) is 2.23. The summed E-state index contributed by atoms with van der Waals surface area (Å²) in [5, 5.41) is 0. The Morgan fingerprint density at radius 3 is 2.31 bits per heavy atom. The molecule has 0 radical (unpaired) electrons. The predicted octanol–water partition coefficient (Wildman–Crippen LogP) is 1.56. The van der Waals surface area contributed by atoms with Crippen LogP contribution in [0.4, 0.5) is 0 Å². The quantitative estimate of drug-likeness (QED) is 0.642. The molecular formula is C11H16N2. The van der Waals surface area contributed by atoms with E-state index in [1.165, 1.54) is 5.56 Å². The number of nitrogens with zero attached hydrogens (tertiary/aromatic N) is 2. The Morgan fingerprint density at radius 1 is 1.23 bits per heavy atom. The van der Waals surface area contributed by atoms with Gasteiger partial charge in [-0.1, -0.05) is 30.3 Å². The molecular weight excluding hydrogens is 160 g/mol. The van der Waals surface area contributed by atoms with E-state index >= 15 is 0 Å². The molecule has 0 spiro atoms. The maximum atomic E-state index is 7.44. The van der Waals surface area contributed by atoms with Crippen molar-refractivity contribution in [2.45, 2.75) is 6.17 Å². The largest absolute Gasteiger partial charge is 0.286 e. The number of benzene rings is 1. The van der Waals surface area contributed by atoms with E-state index in [9.17, 15) is 0 Å². The predicted molar refractivity (Wildman–Crippen MR) is 54.4 cm³/mol. The minimum absolute atomic E-state index is 0.385. The van der Waals surface area contributed by atoms with Gasteiger partial charge in [0.1, 0.15) is 0 Å². The van der Waals surface area contributed by atoms with Gasteiger partial charge in [0, 0.05) is 13.1 Å². The summed E-state index contributed by atoms with van der Waals surface area (Å²) in [6.07, 6.45) is 0.385. The number of likely N-dealkylation sites (N-methyl/N-ethyl adjacent to an activating group) is 2. The van der Waals surface area contributed by atoms with Crippen molar-refractivity contribution < 1.29 is 1.37 Å². The average Bonchev–Trinajstić information content (AvgIpc) is 2.49. The molecule has 2 nitrogen and oxygen atoms in total. The van der Waals surface area contributed by atoms with Crippen molar-refractivity contribution in [1.29, 1.82) is 0 Å². The lowest BCUT2D eigenvalue weighted by Crippen LogP contribution is -2.25. The molecule has 0 aliphatic carbocycles. The lowest BCUT2D eigenvalue weighted by Gasteiger charge is -2.25. The van der Waals surface area contributed by atoms with Crippen molar-refractivity contribution in [1.82, 2.24) is 9.80 Å². The monoisotopic (exact) mass is 177 g/mol. The van der Waals surface area contributed by atoms with Crippen LogP contribution in [0.3, 0.4) is 0 Å². The van der Waals surface area contributed by atoms with Gasteiger partial charge in [0.2, 0.25) is 0 Å². The summed E-state index contributed by atoms with van der Waals surface area (Å²) < 4.78 is 7.44. The molecule has 0 N–H and O–H groups in total. The third-order valence-electron chi connectivity index (χ3n) is 2.68. The van der Waals surface area contributed by atoms with Gasteiger partial charge >= 0.3 is 0 Å². The molecule has 1 aliphatic heterocycles. The molecule has 0 bridgehead atoms. The Hall–Kier alpha value is -0.860. The van der Waals surface area contributed by atoms with Gasteiger partial charge in [-0.2, -0.15) is 0 Å². The van der Waals surface area contributed by atoms with Crippen LogP contribution in [0.2, 0.25) is 0 Å². The third kappa shape index (κ3) is 1.60. The lowest BCUT2D eigenvalue weighted by atomic mass is 10.1. The fraction of sp³-hybridized carbons (Fsp3) is 0.455. The molecule has 0 atom stereocenters. The first-order valence-corrected chi connectivity index (χ1v) is 4.65. The molecule has 1 aromatic carbocycles. The van der Waals surface area contributed by atoms with Crippen LogP contribution < -0.4 is 0 Å². The van der Waals surface area contributed by atoms with E-state index in [0.717, 1.165) is 13.1 Å². The van der Waals surface area contributed by atoms with Gasteiger partial charge in [-0.25, -0.2) is 0 Å². The molecule has 0 amide bonds. The smallest absolute Gasteiger partial charge is 0.0882 e. The van der Waals surface area contributed by atoms with Gasteiger partial charge in [-0.15, -0.1) is 0 Å². The molecule has 1 heterocycles. The van der Waals surface area contributed by atoms with E-state index in [4.69, 9.17) is 1.37 Å². The van der Waals surface area contributed by atoms with Gasteiger partial charge in [0.25, 0.3) is 0 Å². The van der Waals surface area contributed by atoms with Gasteiger partial charge in [-0.3, -0.25) is 9.80 Å². The molecule has 1 saturated heterocycles. The summed E-state index contributed by atoms with van der Waals surface area (Å²) in [6, 6.07) is 8.39. The van der Waals surface area contributed by atoms with Crippen molar-refractivity contribution in [2.75, 3.05) is 27.2 Å². The van der Waals surface area contributed by atoms with Crippen LogP contribution in [-0.2, 0) is 0 Å². The van der Waals surface area contributed by atoms with E-state index in [1.807, 2.05) is 24.3 Å². The number of hydrogen-bond acceptors (Lipinski definition) is 2. The Labute approximate surface area is 81.2 Å². The standard InChI is InChI=1S/C11H16N2/c1-12-8-9-13(2)11(12)10-6-4-3-5-7-10/h3-7,11H,8-9H2,1-2H3/i3D. The van der Waals surface area contributed by atoms with Crippen LogP contribution in [0.1, 0.15) is 13.1 Å². The van der Waals surface area contributed by atoms with Gasteiger partial charge in [-0.05, 0) is 19.7 Å². The summed E-state index contributed by atoms with van der Waals surface area (Å²) >= 11 is 0. The zero-order chi connectivity index (χ0) is 10.1. The topological polar surface area (TPSA) is 6.48 Å². The van der Waals surface area contributed by atoms with Crippen LogP contribution in [0, 0.1) is 0 Å². The van der Waals surface area contributed by atoms with Crippen molar-refractivity contribution in [3.05, 3.63) is 35.9 Å². The molecule has 2 heteroatoms. The normalized spacial score (nSPS) is 22.2. The van der Waals surface area contributed by atoms with Crippen LogP contribution in [0.15, 0.2) is 30.3 Å². The zero-order valence-corrected chi connectivity index (χ0v) is 8.20. The fourth-order valence-electron chi connectivity index (χ4n) is 1.98. The molecule has 2 rings (SSSR count). The third-order valence-corrected chi connectivity index (χ3v) is 2.68. The highest BCUT2D eigenvalue weighted by Crippen LogP contribution is 2.26. The molecule has 1 aromatic rings. The van der Waals surface area contributed by atoms with Gasteiger partial charge in [0.05, 0.1) is 7.54 Å². The first-order valence-electron chi connectivity index (χ1n) is 5.15. The van der Waals surface area contributed by atoms with E-state index in [2.05, 4.69) is 23.9 Å². The number of hydrogen-bond donors (Lipinski definition) is 0. The molecule has 0 aromatic heterocycles. The summed E-state index contributed by atoms with van der Waals surface area (Å²) in [4.78, 5) is 4.66. The SMILES string of the molecule is [2H]c1ccc(C2N(C)CCN2C)cc1. The summed E-state index contributed by atoms with van der Waals surface area (Å²) in [5.41, 5.74) is 1.28. The second-order valence-corrected chi connectivity index (χ2v) is 3.67. The van der Waals surface area contributed by atoms with Crippen LogP contribution >= 0.6 is 0 Å². The minimum Gasteiger partial charge on any atom is -0.286 e. The van der Waals surface area contributed by atoms with E-state index < -0.39 is 0 Å². The van der Waals surface area contributed by atoms with E-state index in [1.54, 1.807) is 0 Å².